The van der Waals surface area contributed by atoms with Crippen LogP contribution in [0.5, 0.6) is 5.75 Å². The normalized spacial score (nSPS) is 12.7. The second-order valence-corrected chi connectivity index (χ2v) is 4.06. The first-order valence-corrected chi connectivity index (χ1v) is 5.74. The van der Waals surface area contributed by atoms with Crippen LogP contribution in [0.3, 0.4) is 0 Å². The van der Waals surface area contributed by atoms with Gasteiger partial charge in [-0.3, -0.25) is 4.79 Å². The molecule has 13 heteroatoms. The van der Waals surface area contributed by atoms with Crippen molar-refractivity contribution in [3.8, 4) is 5.75 Å². The van der Waals surface area contributed by atoms with Gasteiger partial charge in [-0.15, -0.1) is 13.2 Å². The molecule has 0 spiro atoms. The number of benzene rings is 1. The average Bonchev–Trinajstić information content (AvgIpc) is 2.35. The lowest BCUT2D eigenvalue weighted by Crippen LogP contribution is -2.26. The Bertz CT molecular complexity index is 691. The third-order valence-electron chi connectivity index (χ3n) is 2.18. The van der Waals surface area contributed by atoms with Crippen molar-refractivity contribution in [3.05, 3.63) is 23.8 Å². The van der Waals surface area contributed by atoms with Gasteiger partial charge in [0.05, 0.1) is 11.3 Å². The van der Waals surface area contributed by atoms with Gasteiger partial charge in [0.2, 0.25) is 5.96 Å². The lowest BCUT2D eigenvalue weighted by Gasteiger charge is -2.12. The van der Waals surface area contributed by atoms with E-state index in [1.54, 1.807) is 0 Å². The summed E-state index contributed by atoms with van der Waals surface area (Å²) in [5.74, 6) is -4.78. The van der Waals surface area contributed by atoms with Gasteiger partial charge in [0, 0.05) is 0 Å². The van der Waals surface area contributed by atoms with Crippen LogP contribution in [-0.4, -0.2) is 30.2 Å². The van der Waals surface area contributed by atoms with Gasteiger partial charge >= 0.3 is 12.5 Å². The molecule has 7 nitrogen and oxygen atoms in total. The fourth-order valence-electron chi connectivity index (χ4n) is 1.43. The molecule has 0 radical (unpaired) electrons. The van der Waals surface area contributed by atoms with E-state index in [2.05, 4.69) is 14.7 Å². The van der Waals surface area contributed by atoms with E-state index in [0.717, 1.165) is 0 Å². The van der Waals surface area contributed by atoms with E-state index in [0.29, 0.717) is 12.1 Å². The van der Waals surface area contributed by atoms with E-state index in [9.17, 15) is 31.1 Å². The Morgan fingerprint density at radius 1 is 1.04 bits per heavy atom. The fourth-order valence-corrected chi connectivity index (χ4v) is 1.43. The summed E-state index contributed by atoms with van der Waals surface area (Å²) in [5, 5.41) is 0. The van der Waals surface area contributed by atoms with E-state index in [4.69, 9.17) is 17.2 Å². The van der Waals surface area contributed by atoms with E-state index >= 15 is 0 Å². The summed E-state index contributed by atoms with van der Waals surface area (Å²) in [6.07, 6.45) is -10.5. The Hall–Kier alpha value is -2.99. The largest absolute Gasteiger partial charge is 0.573 e. The average molecular weight is 357 g/mol. The van der Waals surface area contributed by atoms with Crippen molar-refractivity contribution in [1.82, 2.24) is 0 Å². The number of nitrogens with zero attached hydrogens (tertiary/aromatic N) is 2. The summed E-state index contributed by atoms with van der Waals surface area (Å²) in [4.78, 5) is 17.9. The number of halogens is 6. The second kappa shape index (κ2) is 6.64. The number of carbonyl (C=O) groups excluding carboxylic acids is 1. The Labute approximate surface area is 129 Å². The summed E-state index contributed by atoms with van der Waals surface area (Å²) >= 11 is 0. The molecule has 0 saturated carbocycles. The number of carbonyl (C=O) groups is 1. The van der Waals surface area contributed by atoms with Gasteiger partial charge in [0.15, 0.2) is 5.96 Å². The number of ether oxygens (including phenoxy) is 1. The highest BCUT2D eigenvalue weighted by molar-refractivity contribution is 6.05. The highest BCUT2D eigenvalue weighted by atomic mass is 19.4. The van der Waals surface area contributed by atoms with Gasteiger partial charge < -0.3 is 21.9 Å². The number of hydrogen-bond acceptors (Lipinski definition) is 3. The quantitative estimate of drug-likeness (QED) is 0.327. The SMILES string of the molecule is NC(N)=NC(N)=Nc1ccc(OC(F)(F)F)cc1C(=O)C(F)(F)F. The number of nitrogens with two attached hydrogens (primary N) is 3. The molecule has 1 rings (SSSR count). The molecule has 0 bridgehead atoms. The summed E-state index contributed by atoms with van der Waals surface area (Å²) in [5.41, 5.74) is 13.3. The summed E-state index contributed by atoms with van der Waals surface area (Å²) in [6.45, 7) is 0. The highest BCUT2D eigenvalue weighted by Crippen LogP contribution is 2.33. The molecule has 0 aliphatic carbocycles. The number of Topliss-reactive ketones (excluding diaryl/α,β-unsaturated/α-hetero) is 1. The smallest absolute Gasteiger partial charge is 0.406 e. The Morgan fingerprint density at radius 3 is 2.08 bits per heavy atom. The maximum Gasteiger partial charge on any atom is 0.573 e. The van der Waals surface area contributed by atoms with Crippen molar-refractivity contribution in [2.45, 2.75) is 12.5 Å². The first-order valence-electron chi connectivity index (χ1n) is 5.74. The minimum atomic E-state index is -5.37. The molecular formula is C11H9F6N5O2. The summed E-state index contributed by atoms with van der Waals surface area (Å²) in [7, 11) is 0. The number of aliphatic imine (C=N–C) groups is 2. The summed E-state index contributed by atoms with van der Waals surface area (Å²) < 4.78 is 77.6. The van der Waals surface area contributed by atoms with Gasteiger partial charge in [-0.1, -0.05) is 0 Å². The van der Waals surface area contributed by atoms with Crippen molar-refractivity contribution in [1.29, 1.82) is 0 Å². The molecule has 0 aliphatic heterocycles. The second-order valence-electron chi connectivity index (χ2n) is 4.06. The Balaban J connectivity index is 3.43. The zero-order valence-corrected chi connectivity index (χ0v) is 11.4. The standard InChI is InChI=1S/C11H9F6N5O2/c12-10(13,14)7(23)5-3-4(24-11(15,16)17)1-2-6(5)21-9(20)22-8(18)19/h1-3H,(H6,18,19,20,21,22). The van der Waals surface area contributed by atoms with Gasteiger partial charge in [0.1, 0.15) is 5.75 Å². The highest BCUT2D eigenvalue weighted by Gasteiger charge is 2.41. The van der Waals surface area contributed by atoms with E-state index in [1.807, 2.05) is 0 Å². The topological polar surface area (TPSA) is 129 Å². The molecular weight excluding hydrogens is 348 g/mol. The van der Waals surface area contributed by atoms with Gasteiger partial charge in [0.25, 0.3) is 5.78 Å². The number of rotatable bonds is 3. The maximum atomic E-state index is 12.6. The van der Waals surface area contributed by atoms with Gasteiger partial charge in [-0.25, -0.2) is 4.99 Å². The molecule has 6 N–H and O–H groups in total. The number of hydrogen-bond donors (Lipinski definition) is 3. The molecule has 0 aliphatic rings. The van der Waals surface area contributed by atoms with Gasteiger partial charge in [-0.2, -0.15) is 18.2 Å². The lowest BCUT2D eigenvalue weighted by molar-refractivity contribution is -0.274. The molecule has 24 heavy (non-hydrogen) atoms. The predicted molar refractivity (Wildman–Crippen MR) is 70.6 cm³/mol. The maximum absolute atomic E-state index is 12.6. The fraction of sp³-hybridized carbons (Fsp3) is 0.182. The van der Waals surface area contributed by atoms with Crippen molar-refractivity contribution in [2.24, 2.45) is 27.2 Å². The van der Waals surface area contributed by atoms with Crippen molar-refractivity contribution < 1.29 is 35.9 Å². The zero-order chi connectivity index (χ0) is 18.7. The molecule has 0 amide bonds. The molecule has 0 unspecified atom stereocenters. The van der Waals surface area contributed by atoms with Crippen LogP contribution in [0.1, 0.15) is 10.4 Å². The predicted octanol–water partition coefficient (Wildman–Crippen LogP) is 1.55. The molecule has 0 saturated heterocycles. The van der Waals surface area contributed by atoms with Crippen LogP contribution in [-0.2, 0) is 0 Å². The number of alkyl halides is 6. The molecule has 0 fully saturated rings. The van der Waals surface area contributed by atoms with Crippen LogP contribution in [0.4, 0.5) is 32.0 Å². The van der Waals surface area contributed by atoms with E-state index in [1.165, 1.54) is 0 Å². The third kappa shape index (κ3) is 5.66. The Kier molecular flexibility index (Phi) is 5.27. The van der Waals surface area contributed by atoms with Crippen molar-refractivity contribution in [3.63, 3.8) is 0 Å². The molecule has 0 aromatic heterocycles. The Morgan fingerprint density at radius 2 is 1.62 bits per heavy atom. The lowest BCUT2D eigenvalue weighted by atomic mass is 10.1. The minimum absolute atomic E-state index is 0.227. The third-order valence-corrected chi connectivity index (χ3v) is 2.18. The summed E-state index contributed by atoms with van der Waals surface area (Å²) in [6, 6.07) is 1.53. The molecule has 132 valence electrons. The first-order chi connectivity index (χ1) is 10.8. The van der Waals surface area contributed by atoms with Crippen LogP contribution >= 0.6 is 0 Å². The van der Waals surface area contributed by atoms with Crippen molar-refractivity contribution in [2.75, 3.05) is 0 Å². The van der Waals surface area contributed by atoms with Crippen LogP contribution < -0.4 is 21.9 Å². The minimum Gasteiger partial charge on any atom is -0.406 e. The molecule has 0 atom stereocenters. The van der Waals surface area contributed by atoms with Crippen LogP contribution in [0.15, 0.2) is 28.2 Å². The molecule has 1 aromatic rings. The molecule has 0 heterocycles. The van der Waals surface area contributed by atoms with E-state index in [-0.39, 0.29) is 6.07 Å². The van der Waals surface area contributed by atoms with Crippen molar-refractivity contribution >= 4 is 23.4 Å². The van der Waals surface area contributed by atoms with Gasteiger partial charge in [-0.05, 0) is 18.2 Å². The van der Waals surface area contributed by atoms with Crippen LogP contribution in [0.25, 0.3) is 0 Å². The van der Waals surface area contributed by atoms with Crippen LogP contribution in [0.2, 0.25) is 0 Å². The zero-order valence-electron chi connectivity index (χ0n) is 11.4. The first kappa shape index (κ1) is 19.1. The molecule has 1 aromatic carbocycles. The number of guanidine groups is 2. The van der Waals surface area contributed by atoms with Crippen LogP contribution in [0, 0.1) is 0 Å². The number of ketones is 1. The van der Waals surface area contributed by atoms with E-state index < -0.39 is 47.2 Å². The monoisotopic (exact) mass is 357 g/mol.